The Morgan fingerprint density at radius 3 is 2.48 bits per heavy atom. The number of methoxy groups -OCH3 is 1. The summed E-state index contributed by atoms with van der Waals surface area (Å²) >= 11 is 7.76. The van der Waals surface area contributed by atoms with Crippen molar-refractivity contribution < 1.29 is 14.3 Å². The Morgan fingerprint density at radius 2 is 1.81 bits per heavy atom. The summed E-state index contributed by atoms with van der Waals surface area (Å²) < 4.78 is 12.1. The molecule has 0 aliphatic heterocycles. The fourth-order valence-corrected chi connectivity index (χ4v) is 4.49. The van der Waals surface area contributed by atoms with Gasteiger partial charge in [-0.05, 0) is 49.8 Å². The molecule has 3 aromatic rings. The Balaban J connectivity index is 1.85. The van der Waals surface area contributed by atoms with E-state index in [-0.39, 0.29) is 12.5 Å². The van der Waals surface area contributed by atoms with E-state index >= 15 is 0 Å². The van der Waals surface area contributed by atoms with Crippen molar-refractivity contribution in [3.63, 3.8) is 0 Å². The quantitative estimate of drug-likeness (QED) is 0.424. The van der Waals surface area contributed by atoms with E-state index in [0.717, 1.165) is 35.4 Å². The van der Waals surface area contributed by atoms with Gasteiger partial charge < -0.3 is 14.4 Å². The molecule has 0 bridgehead atoms. The van der Waals surface area contributed by atoms with Crippen LogP contribution in [0.3, 0.4) is 0 Å². The first-order valence-electron chi connectivity index (χ1n) is 10.3. The van der Waals surface area contributed by atoms with E-state index in [0.29, 0.717) is 28.2 Å². The summed E-state index contributed by atoms with van der Waals surface area (Å²) in [6.07, 6.45) is 0. The second kappa shape index (κ2) is 10.8. The van der Waals surface area contributed by atoms with Crippen molar-refractivity contribution >= 4 is 44.2 Å². The Bertz CT molecular complexity index is 1040. The number of para-hydroxylation sites is 2. The monoisotopic (exact) mass is 461 g/mol. The molecule has 8 heteroatoms. The summed E-state index contributed by atoms with van der Waals surface area (Å²) in [5.74, 6) is 0.977. The summed E-state index contributed by atoms with van der Waals surface area (Å²) in [6.45, 7) is 9.20. The molecule has 0 aliphatic rings. The number of anilines is 1. The SMILES string of the molecule is CCN(CC)CCN(C(=O)COc1ccccc1OC)c1nc2c(C)c(Cl)ccc2s1. The average Bonchev–Trinajstić information content (AvgIpc) is 3.22. The molecule has 166 valence electrons. The lowest BCUT2D eigenvalue weighted by molar-refractivity contribution is -0.120. The Labute approximate surface area is 192 Å². The molecule has 0 N–H and O–H groups in total. The first-order valence-corrected chi connectivity index (χ1v) is 11.5. The number of aryl methyl sites for hydroxylation is 1. The van der Waals surface area contributed by atoms with Gasteiger partial charge in [-0.2, -0.15) is 0 Å². The van der Waals surface area contributed by atoms with E-state index in [1.54, 1.807) is 24.1 Å². The van der Waals surface area contributed by atoms with Crippen LogP contribution in [0, 0.1) is 6.92 Å². The number of halogens is 1. The van der Waals surface area contributed by atoms with Crippen LogP contribution in [0.4, 0.5) is 5.13 Å². The van der Waals surface area contributed by atoms with Gasteiger partial charge in [0.15, 0.2) is 23.2 Å². The van der Waals surface area contributed by atoms with Gasteiger partial charge >= 0.3 is 0 Å². The molecular weight excluding hydrogens is 434 g/mol. The summed E-state index contributed by atoms with van der Waals surface area (Å²) in [4.78, 5) is 22.0. The Kier molecular flexibility index (Phi) is 8.12. The fourth-order valence-electron chi connectivity index (χ4n) is 3.27. The van der Waals surface area contributed by atoms with Crippen molar-refractivity contribution in [1.82, 2.24) is 9.88 Å². The molecule has 2 aromatic carbocycles. The summed E-state index contributed by atoms with van der Waals surface area (Å²) in [6, 6.07) is 11.1. The highest BCUT2D eigenvalue weighted by atomic mass is 35.5. The zero-order chi connectivity index (χ0) is 22.4. The topological polar surface area (TPSA) is 54.9 Å². The molecule has 31 heavy (non-hydrogen) atoms. The predicted octanol–water partition coefficient (Wildman–Crippen LogP) is 5.02. The highest BCUT2D eigenvalue weighted by Crippen LogP contribution is 2.34. The van der Waals surface area contributed by atoms with Gasteiger partial charge in [0, 0.05) is 18.1 Å². The van der Waals surface area contributed by atoms with Crippen molar-refractivity contribution in [3.8, 4) is 11.5 Å². The number of nitrogens with zero attached hydrogens (tertiary/aromatic N) is 3. The molecule has 0 saturated carbocycles. The predicted molar refractivity (Wildman–Crippen MR) is 128 cm³/mol. The number of hydrogen-bond acceptors (Lipinski definition) is 6. The zero-order valence-corrected chi connectivity index (χ0v) is 19.9. The molecule has 1 aromatic heterocycles. The molecule has 0 atom stereocenters. The largest absolute Gasteiger partial charge is 0.493 e. The molecule has 1 amide bonds. The van der Waals surface area contributed by atoms with E-state index in [2.05, 4.69) is 18.7 Å². The lowest BCUT2D eigenvalue weighted by Crippen LogP contribution is -2.41. The number of thiazole rings is 1. The van der Waals surface area contributed by atoms with Crippen molar-refractivity contribution in [2.45, 2.75) is 20.8 Å². The first-order chi connectivity index (χ1) is 15.0. The van der Waals surface area contributed by atoms with Crippen LogP contribution in [0.2, 0.25) is 5.02 Å². The van der Waals surface area contributed by atoms with Crippen molar-refractivity contribution in [3.05, 3.63) is 47.0 Å². The number of amides is 1. The van der Waals surface area contributed by atoms with E-state index in [9.17, 15) is 4.79 Å². The molecule has 0 saturated heterocycles. The second-order valence-corrected chi connectivity index (χ2v) is 8.44. The zero-order valence-electron chi connectivity index (χ0n) is 18.4. The summed E-state index contributed by atoms with van der Waals surface area (Å²) in [5.41, 5.74) is 1.75. The van der Waals surface area contributed by atoms with Crippen LogP contribution < -0.4 is 14.4 Å². The lowest BCUT2D eigenvalue weighted by Gasteiger charge is -2.24. The van der Waals surface area contributed by atoms with Gasteiger partial charge in [0.1, 0.15) is 0 Å². The molecule has 3 rings (SSSR count). The van der Waals surface area contributed by atoms with Crippen LogP contribution in [0.1, 0.15) is 19.4 Å². The molecule has 0 unspecified atom stereocenters. The van der Waals surface area contributed by atoms with Crippen LogP contribution >= 0.6 is 22.9 Å². The number of fused-ring (bicyclic) bond motifs is 1. The second-order valence-electron chi connectivity index (χ2n) is 7.03. The first kappa shape index (κ1) is 23.3. The number of hydrogen-bond donors (Lipinski definition) is 0. The van der Waals surface area contributed by atoms with Gasteiger partial charge in [-0.3, -0.25) is 9.69 Å². The highest BCUT2D eigenvalue weighted by Gasteiger charge is 2.22. The van der Waals surface area contributed by atoms with Crippen LogP contribution in [0.5, 0.6) is 11.5 Å². The maximum atomic E-state index is 13.2. The van der Waals surface area contributed by atoms with Crippen LogP contribution in [-0.4, -0.2) is 55.7 Å². The molecule has 0 aliphatic carbocycles. The molecule has 0 radical (unpaired) electrons. The molecular formula is C23H28ClN3O3S. The maximum Gasteiger partial charge on any atom is 0.266 e. The Morgan fingerprint density at radius 1 is 1.10 bits per heavy atom. The minimum atomic E-state index is -0.152. The third-order valence-corrected chi connectivity index (χ3v) is 6.68. The Hall–Kier alpha value is -2.35. The van der Waals surface area contributed by atoms with Crippen LogP contribution in [-0.2, 0) is 4.79 Å². The van der Waals surface area contributed by atoms with Gasteiger partial charge in [0.05, 0.1) is 17.3 Å². The summed E-state index contributed by atoms with van der Waals surface area (Å²) in [5, 5.41) is 1.33. The van der Waals surface area contributed by atoms with Gasteiger partial charge in [-0.25, -0.2) is 4.98 Å². The van der Waals surface area contributed by atoms with Crippen LogP contribution in [0.15, 0.2) is 36.4 Å². The number of aromatic nitrogens is 1. The lowest BCUT2D eigenvalue weighted by atomic mass is 10.2. The van der Waals surface area contributed by atoms with Gasteiger partial charge in [-0.1, -0.05) is 48.9 Å². The van der Waals surface area contributed by atoms with E-state index in [1.165, 1.54) is 11.3 Å². The van der Waals surface area contributed by atoms with E-state index in [1.807, 2.05) is 31.2 Å². The van der Waals surface area contributed by atoms with Gasteiger partial charge in [0.25, 0.3) is 5.91 Å². The third kappa shape index (κ3) is 5.47. The highest BCUT2D eigenvalue weighted by molar-refractivity contribution is 7.22. The number of likely N-dealkylation sites (N-methyl/N-ethyl adjacent to an activating group) is 1. The standard InChI is InChI=1S/C23H28ClN3O3S/c1-5-26(6-2)13-14-27(21(28)15-30-19-10-8-7-9-18(19)29-4)23-25-22-16(3)17(24)11-12-20(22)31-23/h7-12H,5-6,13-15H2,1-4H3. The number of benzene rings is 2. The van der Waals surface area contributed by atoms with Gasteiger partial charge in [-0.15, -0.1) is 0 Å². The number of carbonyl (C=O) groups excluding carboxylic acids is 1. The molecule has 1 heterocycles. The van der Waals surface area contributed by atoms with Crippen molar-refractivity contribution in [2.75, 3.05) is 44.8 Å². The molecule has 6 nitrogen and oxygen atoms in total. The minimum Gasteiger partial charge on any atom is -0.493 e. The summed E-state index contributed by atoms with van der Waals surface area (Å²) in [7, 11) is 1.58. The minimum absolute atomic E-state index is 0.103. The smallest absolute Gasteiger partial charge is 0.266 e. The van der Waals surface area contributed by atoms with Gasteiger partial charge in [0.2, 0.25) is 0 Å². The number of carbonyl (C=O) groups is 1. The average molecular weight is 462 g/mol. The third-order valence-electron chi connectivity index (χ3n) is 5.22. The van der Waals surface area contributed by atoms with Crippen LogP contribution in [0.25, 0.3) is 10.2 Å². The van der Waals surface area contributed by atoms with E-state index < -0.39 is 0 Å². The van der Waals surface area contributed by atoms with E-state index in [4.69, 9.17) is 26.1 Å². The number of ether oxygens (including phenoxy) is 2. The number of rotatable bonds is 10. The normalized spacial score (nSPS) is 11.2. The maximum absolute atomic E-state index is 13.2. The fraction of sp³-hybridized carbons (Fsp3) is 0.391. The van der Waals surface area contributed by atoms with Crippen molar-refractivity contribution in [2.24, 2.45) is 0 Å². The molecule has 0 spiro atoms. The van der Waals surface area contributed by atoms with Crippen molar-refractivity contribution in [1.29, 1.82) is 0 Å². The molecule has 0 fully saturated rings.